The van der Waals surface area contributed by atoms with Crippen molar-refractivity contribution in [1.82, 2.24) is 0 Å². The summed E-state index contributed by atoms with van der Waals surface area (Å²) >= 11 is 0. The second-order valence-corrected chi connectivity index (χ2v) is 3.23. The molecule has 0 fully saturated rings. The van der Waals surface area contributed by atoms with E-state index in [1.807, 2.05) is 38.1 Å². The third-order valence-corrected chi connectivity index (χ3v) is 2.35. The Hall–Kier alpha value is -1.57. The van der Waals surface area contributed by atoms with Crippen LogP contribution in [0.4, 0.5) is 0 Å². The van der Waals surface area contributed by atoms with Crippen LogP contribution < -0.4 is 4.74 Å². The largest absolute Gasteiger partial charge is 0.497 e. The molecule has 15 heavy (non-hydrogen) atoms. The van der Waals surface area contributed by atoms with Crippen LogP contribution in [-0.4, -0.2) is 12.9 Å². The normalized spacial score (nSPS) is 11.3. The predicted molar refractivity (Wildman–Crippen MR) is 61.4 cm³/mol. The molecular formula is C13H16O2. The predicted octanol–water partition coefficient (Wildman–Crippen LogP) is 3.23. The molecule has 0 unspecified atom stereocenters. The Labute approximate surface area is 90.6 Å². The first kappa shape index (κ1) is 11.5. The summed E-state index contributed by atoms with van der Waals surface area (Å²) < 4.78 is 5.08. The van der Waals surface area contributed by atoms with Crippen LogP contribution in [-0.2, 0) is 0 Å². The standard InChI is InChI=1S/C13H16O2/c1-4-10(5-2)13(14)11-7-6-8-12(9-11)15-3/h4,6-9H,5H2,1-3H3/b10-4-. The number of rotatable bonds is 4. The fraction of sp³-hybridized carbons (Fsp3) is 0.308. The van der Waals surface area contributed by atoms with Crippen molar-refractivity contribution in [1.29, 1.82) is 0 Å². The topological polar surface area (TPSA) is 26.3 Å². The highest BCUT2D eigenvalue weighted by Crippen LogP contribution is 2.17. The van der Waals surface area contributed by atoms with Gasteiger partial charge in [0.05, 0.1) is 7.11 Å². The van der Waals surface area contributed by atoms with Gasteiger partial charge in [-0.15, -0.1) is 0 Å². The van der Waals surface area contributed by atoms with Gasteiger partial charge in [-0.05, 0) is 31.1 Å². The van der Waals surface area contributed by atoms with E-state index in [4.69, 9.17) is 4.74 Å². The molecule has 0 aliphatic heterocycles. The molecule has 0 N–H and O–H groups in total. The van der Waals surface area contributed by atoms with E-state index in [1.54, 1.807) is 13.2 Å². The van der Waals surface area contributed by atoms with E-state index in [2.05, 4.69) is 0 Å². The summed E-state index contributed by atoms with van der Waals surface area (Å²) in [7, 11) is 1.60. The van der Waals surface area contributed by atoms with Crippen molar-refractivity contribution < 1.29 is 9.53 Å². The Balaban J connectivity index is 3.00. The first-order valence-corrected chi connectivity index (χ1v) is 5.06. The van der Waals surface area contributed by atoms with Crippen molar-refractivity contribution in [2.24, 2.45) is 0 Å². The van der Waals surface area contributed by atoms with Crippen molar-refractivity contribution in [2.75, 3.05) is 7.11 Å². The Morgan fingerprint density at radius 2 is 2.20 bits per heavy atom. The lowest BCUT2D eigenvalue weighted by molar-refractivity contribution is 0.103. The summed E-state index contributed by atoms with van der Waals surface area (Å²) in [6, 6.07) is 7.23. The van der Waals surface area contributed by atoms with Crippen LogP contribution in [0.25, 0.3) is 0 Å². The fourth-order valence-electron chi connectivity index (χ4n) is 1.45. The number of hydrogen-bond acceptors (Lipinski definition) is 2. The highest BCUT2D eigenvalue weighted by Gasteiger charge is 2.09. The molecule has 0 radical (unpaired) electrons. The van der Waals surface area contributed by atoms with E-state index < -0.39 is 0 Å². The number of Topliss-reactive ketones (excluding diaryl/α,β-unsaturated/α-hetero) is 1. The lowest BCUT2D eigenvalue weighted by Crippen LogP contribution is -2.02. The summed E-state index contributed by atoms with van der Waals surface area (Å²) in [4.78, 5) is 12.0. The zero-order valence-corrected chi connectivity index (χ0v) is 9.41. The maximum absolute atomic E-state index is 12.0. The van der Waals surface area contributed by atoms with Gasteiger partial charge in [-0.25, -0.2) is 0 Å². The van der Waals surface area contributed by atoms with Gasteiger partial charge in [0.1, 0.15) is 5.75 Å². The van der Waals surface area contributed by atoms with Crippen LogP contribution in [0.15, 0.2) is 35.9 Å². The van der Waals surface area contributed by atoms with Gasteiger partial charge in [0.25, 0.3) is 0 Å². The van der Waals surface area contributed by atoms with Crippen LogP contribution in [0.3, 0.4) is 0 Å². The summed E-state index contributed by atoms with van der Waals surface area (Å²) in [5, 5.41) is 0. The van der Waals surface area contributed by atoms with Gasteiger partial charge in [0.15, 0.2) is 5.78 Å². The van der Waals surface area contributed by atoms with Gasteiger partial charge < -0.3 is 4.74 Å². The number of ketones is 1. The first-order valence-electron chi connectivity index (χ1n) is 5.06. The second kappa shape index (κ2) is 5.35. The highest BCUT2D eigenvalue weighted by molar-refractivity contribution is 6.08. The van der Waals surface area contributed by atoms with E-state index >= 15 is 0 Å². The molecule has 2 nitrogen and oxygen atoms in total. The average Bonchev–Trinajstić information content (AvgIpc) is 2.30. The molecule has 0 bridgehead atoms. The van der Waals surface area contributed by atoms with Crippen LogP contribution in [0.5, 0.6) is 5.75 Å². The summed E-state index contributed by atoms with van der Waals surface area (Å²) in [5.74, 6) is 0.798. The Kier molecular flexibility index (Phi) is 4.10. The molecule has 0 saturated heterocycles. The maximum Gasteiger partial charge on any atom is 0.188 e. The molecule has 1 aromatic rings. The molecule has 2 heteroatoms. The van der Waals surface area contributed by atoms with Crippen molar-refractivity contribution in [3.63, 3.8) is 0 Å². The molecule has 80 valence electrons. The SMILES string of the molecule is C/C=C(/CC)C(=O)c1cccc(OC)c1. The lowest BCUT2D eigenvalue weighted by atomic mass is 10.0. The molecule has 0 aliphatic rings. The second-order valence-electron chi connectivity index (χ2n) is 3.23. The van der Waals surface area contributed by atoms with Crippen molar-refractivity contribution >= 4 is 5.78 Å². The molecule has 0 aromatic heterocycles. The zero-order valence-electron chi connectivity index (χ0n) is 9.41. The molecule has 0 spiro atoms. The quantitative estimate of drug-likeness (QED) is 0.556. The van der Waals surface area contributed by atoms with Gasteiger partial charge >= 0.3 is 0 Å². The summed E-state index contributed by atoms with van der Waals surface area (Å²) in [6.45, 7) is 3.87. The van der Waals surface area contributed by atoms with Crippen LogP contribution in [0.2, 0.25) is 0 Å². The van der Waals surface area contributed by atoms with Crippen molar-refractivity contribution in [3.05, 3.63) is 41.5 Å². The Morgan fingerprint density at radius 1 is 1.47 bits per heavy atom. The number of carbonyl (C=O) groups is 1. The van der Waals surface area contributed by atoms with Crippen LogP contribution >= 0.6 is 0 Å². The third kappa shape index (κ3) is 2.69. The molecule has 0 atom stereocenters. The molecule has 0 aliphatic carbocycles. The minimum absolute atomic E-state index is 0.0823. The Bertz CT molecular complexity index is 378. The van der Waals surface area contributed by atoms with Crippen LogP contribution in [0.1, 0.15) is 30.6 Å². The van der Waals surface area contributed by atoms with E-state index in [0.29, 0.717) is 11.3 Å². The number of hydrogen-bond donors (Lipinski definition) is 0. The monoisotopic (exact) mass is 204 g/mol. The van der Waals surface area contributed by atoms with Crippen molar-refractivity contribution in [3.8, 4) is 5.75 Å². The van der Waals surface area contributed by atoms with Gasteiger partial charge in [0.2, 0.25) is 0 Å². The lowest BCUT2D eigenvalue weighted by Gasteiger charge is -2.05. The molecular weight excluding hydrogens is 188 g/mol. The van der Waals surface area contributed by atoms with E-state index in [1.165, 1.54) is 0 Å². The third-order valence-electron chi connectivity index (χ3n) is 2.35. The number of ether oxygens (including phenoxy) is 1. The minimum Gasteiger partial charge on any atom is -0.497 e. The van der Waals surface area contributed by atoms with Gasteiger partial charge in [-0.3, -0.25) is 4.79 Å². The Morgan fingerprint density at radius 3 is 2.73 bits per heavy atom. The number of carbonyl (C=O) groups excluding carboxylic acids is 1. The molecule has 0 heterocycles. The maximum atomic E-state index is 12.0. The summed E-state index contributed by atoms with van der Waals surface area (Å²) in [6.07, 6.45) is 2.62. The van der Waals surface area contributed by atoms with Gasteiger partial charge in [-0.1, -0.05) is 25.1 Å². The molecule has 1 aromatic carbocycles. The van der Waals surface area contributed by atoms with Gasteiger partial charge in [0, 0.05) is 5.56 Å². The smallest absolute Gasteiger partial charge is 0.188 e. The number of benzene rings is 1. The van der Waals surface area contributed by atoms with E-state index in [0.717, 1.165) is 12.0 Å². The van der Waals surface area contributed by atoms with Crippen LogP contribution in [0, 0.1) is 0 Å². The van der Waals surface area contributed by atoms with E-state index in [9.17, 15) is 4.79 Å². The highest BCUT2D eigenvalue weighted by atomic mass is 16.5. The van der Waals surface area contributed by atoms with Crippen molar-refractivity contribution in [2.45, 2.75) is 20.3 Å². The molecule has 0 saturated carbocycles. The molecule has 0 amide bonds. The fourth-order valence-corrected chi connectivity index (χ4v) is 1.45. The zero-order chi connectivity index (χ0) is 11.3. The minimum atomic E-state index is 0.0823. The average molecular weight is 204 g/mol. The summed E-state index contributed by atoms with van der Waals surface area (Å²) in [5.41, 5.74) is 1.52. The number of methoxy groups -OCH3 is 1. The number of allylic oxidation sites excluding steroid dienone is 2. The van der Waals surface area contributed by atoms with E-state index in [-0.39, 0.29) is 5.78 Å². The first-order chi connectivity index (χ1) is 7.22. The van der Waals surface area contributed by atoms with Gasteiger partial charge in [-0.2, -0.15) is 0 Å². The molecule has 1 rings (SSSR count).